The summed E-state index contributed by atoms with van der Waals surface area (Å²) in [5.74, 6) is 0.0947. The van der Waals surface area contributed by atoms with Crippen LogP contribution in [0, 0.1) is 11.8 Å². The number of piperidine rings is 1. The number of hydrogen-bond acceptors (Lipinski definition) is 2. The normalized spacial score (nSPS) is 23.2. The number of likely N-dealkylation sites (tertiary alicyclic amines) is 1. The van der Waals surface area contributed by atoms with E-state index in [-0.39, 0.29) is 11.8 Å². The first-order valence-electron chi connectivity index (χ1n) is 7.92. The fourth-order valence-electron chi connectivity index (χ4n) is 3.24. The summed E-state index contributed by atoms with van der Waals surface area (Å²) in [6.45, 7) is 4.38. The molecule has 0 aromatic heterocycles. The SMILES string of the molecule is CC1CCN(C(=O)[C@H]2CCN(c3ccc(Cl)cc3)C2=O)CC1. The van der Waals surface area contributed by atoms with Crippen LogP contribution in [0.15, 0.2) is 24.3 Å². The first-order valence-corrected chi connectivity index (χ1v) is 8.30. The Hall–Kier alpha value is -1.55. The van der Waals surface area contributed by atoms with Crippen molar-refractivity contribution < 1.29 is 9.59 Å². The lowest BCUT2D eigenvalue weighted by atomic mass is 9.97. The molecule has 1 aromatic carbocycles. The molecule has 0 radical (unpaired) electrons. The topological polar surface area (TPSA) is 40.6 Å². The van der Waals surface area contributed by atoms with Gasteiger partial charge in [0.1, 0.15) is 5.92 Å². The summed E-state index contributed by atoms with van der Waals surface area (Å²) in [6, 6.07) is 7.20. The van der Waals surface area contributed by atoms with Crippen molar-refractivity contribution in [1.29, 1.82) is 0 Å². The van der Waals surface area contributed by atoms with Crippen molar-refractivity contribution in [3.05, 3.63) is 29.3 Å². The molecule has 0 saturated carbocycles. The van der Waals surface area contributed by atoms with Gasteiger partial charge in [0.2, 0.25) is 11.8 Å². The number of carbonyl (C=O) groups is 2. The van der Waals surface area contributed by atoms with E-state index in [1.54, 1.807) is 17.0 Å². The third kappa shape index (κ3) is 2.98. The number of anilines is 1. The average molecular weight is 321 g/mol. The minimum Gasteiger partial charge on any atom is -0.342 e. The third-order valence-electron chi connectivity index (χ3n) is 4.74. The van der Waals surface area contributed by atoms with Gasteiger partial charge in [0, 0.05) is 30.3 Å². The van der Waals surface area contributed by atoms with Crippen molar-refractivity contribution in [2.75, 3.05) is 24.5 Å². The Morgan fingerprint density at radius 1 is 1.09 bits per heavy atom. The molecule has 1 atom stereocenters. The molecule has 0 bridgehead atoms. The molecular weight excluding hydrogens is 300 g/mol. The minimum absolute atomic E-state index is 0.00774. The largest absolute Gasteiger partial charge is 0.342 e. The first kappa shape index (κ1) is 15.3. The molecule has 0 aliphatic carbocycles. The van der Waals surface area contributed by atoms with Crippen LogP contribution in [-0.4, -0.2) is 36.3 Å². The molecule has 2 fully saturated rings. The lowest BCUT2D eigenvalue weighted by Gasteiger charge is -2.31. The molecule has 0 spiro atoms. The van der Waals surface area contributed by atoms with Gasteiger partial charge in [0.05, 0.1) is 0 Å². The van der Waals surface area contributed by atoms with Gasteiger partial charge in [-0.1, -0.05) is 18.5 Å². The summed E-state index contributed by atoms with van der Waals surface area (Å²) in [7, 11) is 0. The first-order chi connectivity index (χ1) is 10.6. The molecule has 2 aliphatic heterocycles. The van der Waals surface area contributed by atoms with Crippen molar-refractivity contribution in [2.24, 2.45) is 11.8 Å². The fraction of sp³-hybridized carbons (Fsp3) is 0.529. The highest BCUT2D eigenvalue weighted by atomic mass is 35.5. The van der Waals surface area contributed by atoms with E-state index in [2.05, 4.69) is 6.92 Å². The summed E-state index contributed by atoms with van der Waals surface area (Å²) in [5.41, 5.74) is 0.817. The Bertz CT molecular complexity index is 565. The third-order valence-corrected chi connectivity index (χ3v) is 4.99. The standard InChI is InChI=1S/C17H21ClN2O2/c1-12-6-9-19(10-7-12)16(21)15-8-11-20(17(15)22)14-4-2-13(18)3-5-14/h2-5,12,15H,6-11H2,1H3/t15-/m1/s1. The van der Waals surface area contributed by atoms with E-state index in [1.807, 2.05) is 17.0 Å². The summed E-state index contributed by atoms with van der Waals surface area (Å²) < 4.78 is 0. The average Bonchev–Trinajstić information content (AvgIpc) is 2.90. The summed E-state index contributed by atoms with van der Waals surface area (Å²) in [4.78, 5) is 28.8. The highest BCUT2D eigenvalue weighted by molar-refractivity contribution is 6.30. The maximum Gasteiger partial charge on any atom is 0.239 e. The lowest BCUT2D eigenvalue weighted by molar-refractivity contribution is -0.140. The van der Waals surface area contributed by atoms with E-state index < -0.39 is 5.92 Å². The van der Waals surface area contributed by atoms with Gasteiger partial charge >= 0.3 is 0 Å². The van der Waals surface area contributed by atoms with Crippen LogP contribution in [0.5, 0.6) is 0 Å². The minimum atomic E-state index is -0.510. The van der Waals surface area contributed by atoms with Crippen LogP contribution >= 0.6 is 11.6 Å². The number of nitrogens with zero attached hydrogens (tertiary/aromatic N) is 2. The molecule has 118 valence electrons. The van der Waals surface area contributed by atoms with E-state index >= 15 is 0 Å². The number of benzene rings is 1. The van der Waals surface area contributed by atoms with Crippen LogP contribution in [0.2, 0.25) is 5.02 Å². The van der Waals surface area contributed by atoms with Crippen molar-refractivity contribution in [3.8, 4) is 0 Å². The van der Waals surface area contributed by atoms with E-state index in [0.29, 0.717) is 23.9 Å². The monoisotopic (exact) mass is 320 g/mol. The molecular formula is C17H21ClN2O2. The second-order valence-corrected chi connectivity index (χ2v) is 6.75. The zero-order chi connectivity index (χ0) is 15.7. The molecule has 0 unspecified atom stereocenters. The van der Waals surface area contributed by atoms with Gasteiger partial charge in [-0.3, -0.25) is 9.59 Å². The number of amides is 2. The summed E-state index contributed by atoms with van der Waals surface area (Å²) in [5, 5.41) is 0.644. The molecule has 0 N–H and O–H groups in total. The molecule has 1 aromatic rings. The van der Waals surface area contributed by atoms with E-state index in [4.69, 9.17) is 11.6 Å². The maximum atomic E-state index is 12.6. The van der Waals surface area contributed by atoms with E-state index in [9.17, 15) is 9.59 Å². The number of rotatable bonds is 2. The zero-order valence-electron chi connectivity index (χ0n) is 12.8. The maximum absolute atomic E-state index is 12.6. The molecule has 2 heterocycles. The highest BCUT2D eigenvalue weighted by Crippen LogP contribution is 2.28. The molecule has 2 saturated heterocycles. The second kappa shape index (κ2) is 6.29. The molecule has 3 rings (SSSR count). The zero-order valence-corrected chi connectivity index (χ0v) is 13.6. The Labute approximate surface area is 136 Å². The van der Waals surface area contributed by atoms with Gasteiger partial charge in [0.15, 0.2) is 0 Å². The van der Waals surface area contributed by atoms with Crippen LogP contribution in [-0.2, 0) is 9.59 Å². The highest BCUT2D eigenvalue weighted by Gasteiger charge is 2.40. The van der Waals surface area contributed by atoms with Crippen molar-refractivity contribution in [2.45, 2.75) is 26.2 Å². The van der Waals surface area contributed by atoms with Crippen molar-refractivity contribution in [1.82, 2.24) is 4.90 Å². The summed E-state index contributed by atoms with van der Waals surface area (Å²) >= 11 is 5.88. The second-order valence-electron chi connectivity index (χ2n) is 6.32. The van der Waals surface area contributed by atoms with E-state index in [1.165, 1.54) is 0 Å². The smallest absolute Gasteiger partial charge is 0.239 e. The Morgan fingerprint density at radius 3 is 2.36 bits per heavy atom. The lowest BCUT2D eigenvalue weighted by Crippen LogP contribution is -2.43. The van der Waals surface area contributed by atoms with Crippen molar-refractivity contribution in [3.63, 3.8) is 0 Å². The van der Waals surface area contributed by atoms with Gasteiger partial charge < -0.3 is 9.80 Å². The van der Waals surface area contributed by atoms with Crippen LogP contribution in [0.1, 0.15) is 26.2 Å². The number of halogens is 1. The number of carbonyl (C=O) groups excluding carboxylic acids is 2. The van der Waals surface area contributed by atoms with Gasteiger partial charge in [-0.05, 0) is 49.4 Å². The Kier molecular flexibility index (Phi) is 4.39. The summed E-state index contributed by atoms with van der Waals surface area (Å²) in [6.07, 6.45) is 2.67. The predicted octanol–water partition coefficient (Wildman–Crippen LogP) is 2.95. The van der Waals surface area contributed by atoms with Crippen LogP contribution < -0.4 is 4.90 Å². The van der Waals surface area contributed by atoms with Gasteiger partial charge in [-0.2, -0.15) is 0 Å². The molecule has 2 aliphatic rings. The fourth-order valence-corrected chi connectivity index (χ4v) is 3.36. The van der Waals surface area contributed by atoms with Gasteiger partial charge in [0.25, 0.3) is 0 Å². The Morgan fingerprint density at radius 2 is 1.73 bits per heavy atom. The quantitative estimate of drug-likeness (QED) is 0.786. The molecule has 2 amide bonds. The molecule has 4 nitrogen and oxygen atoms in total. The van der Waals surface area contributed by atoms with Crippen LogP contribution in [0.25, 0.3) is 0 Å². The Balaban J connectivity index is 1.68. The van der Waals surface area contributed by atoms with Gasteiger partial charge in [-0.25, -0.2) is 0 Å². The van der Waals surface area contributed by atoms with Crippen molar-refractivity contribution >= 4 is 29.1 Å². The van der Waals surface area contributed by atoms with Gasteiger partial charge in [-0.15, -0.1) is 0 Å². The predicted molar refractivity (Wildman–Crippen MR) is 86.9 cm³/mol. The molecule has 22 heavy (non-hydrogen) atoms. The van der Waals surface area contributed by atoms with E-state index in [0.717, 1.165) is 31.6 Å². The number of hydrogen-bond donors (Lipinski definition) is 0. The van der Waals surface area contributed by atoms with Crippen LogP contribution in [0.3, 0.4) is 0 Å². The molecule has 5 heteroatoms. The van der Waals surface area contributed by atoms with Crippen LogP contribution in [0.4, 0.5) is 5.69 Å².